The second-order valence-electron chi connectivity index (χ2n) is 7.24. The Morgan fingerprint density at radius 2 is 1.34 bits per heavy atom. The molecule has 0 spiro atoms. The molecular weight excluding hydrogens is 391 g/mol. The van der Waals surface area contributed by atoms with Crippen molar-refractivity contribution < 1.29 is 4.57 Å². The number of unbranched alkanes of at least 4 members (excludes halogenated alkanes) is 1. The minimum absolute atomic E-state index is 0.712. The Morgan fingerprint density at radius 1 is 0.828 bits per heavy atom. The smallest absolute Gasteiger partial charge is 0.143 e. The molecule has 0 radical (unpaired) electrons. The highest BCUT2D eigenvalue weighted by molar-refractivity contribution is 7.99. The summed E-state index contributed by atoms with van der Waals surface area (Å²) in [7, 11) is -2.58. The second kappa shape index (κ2) is 11.2. The maximum atomic E-state index is 14.0. The van der Waals surface area contributed by atoms with E-state index in [4.69, 9.17) is 0 Å². The molecule has 0 aliphatic heterocycles. The Balaban J connectivity index is 1.55. The van der Waals surface area contributed by atoms with Crippen molar-refractivity contribution in [3.05, 3.63) is 103 Å². The lowest BCUT2D eigenvalue weighted by Crippen LogP contribution is -2.18. The molecule has 0 unspecified atom stereocenters. The van der Waals surface area contributed by atoms with Crippen molar-refractivity contribution >= 4 is 29.5 Å². The van der Waals surface area contributed by atoms with E-state index in [1.54, 1.807) is 0 Å². The van der Waals surface area contributed by atoms with Gasteiger partial charge in [-0.1, -0.05) is 90.5 Å². The number of hydrogen-bond donors (Lipinski definition) is 0. The van der Waals surface area contributed by atoms with Crippen LogP contribution in [0.4, 0.5) is 0 Å². The molecule has 3 rings (SSSR count). The summed E-state index contributed by atoms with van der Waals surface area (Å²) in [6.07, 6.45) is 6.04. The van der Waals surface area contributed by atoms with E-state index in [1.165, 1.54) is 10.5 Å². The summed E-state index contributed by atoms with van der Waals surface area (Å²) >= 11 is 1.90. The van der Waals surface area contributed by atoms with Gasteiger partial charge in [0, 0.05) is 27.4 Å². The van der Waals surface area contributed by atoms with Crippen LogP contribution in [0.15, 0.2) is 108 Å². The molecule has 0 aromatic heterocycles. The van der Waals surface area contributed by atoms with E-state index in [0.29, 0.717) is 6.16 Å². The Morgan fingerprint density at radius 3 is 1.90 bits per heavy atom. The molecule has 0 fully saturated rings. The first kappa shape index (κ1) is 21.7. The van der Waals surface area contributed by atoms with Crippen LogP contribution in [0.3, 0.4) is 0 Å². The van der Waals surface area contributed by atoms with Crippen molar-refractivity contribution in [3.8, 4) is 0 Å². The quantitative estimate of drug-likeness (QED) is 0.153. The first-order valence-electron chi connectivity index (χ1n) is 10.2. The van der Waals surface area contributed by atoms with E-state index in [9.17, 15) is 4.57 Å². The molecule has 150 valence electrons. The normalized spacial score (nSPS) is 12.1. The zero-order chi connectivity index (χ0) is 20.4. The molecule has 0 amide bonds. The number of thioether (sulfide) groups is 1. The minimum atomic E-state index is -2.58. The van der Waals surface area contributed by atoms with Gasteiger partial charge < -0.3 is 4.57 Å². The Hall–Kier alpha value is -2.02. The zero-order valence-electron chi connectivity index (χ0n) is 17.0. The predicted octanol–water partition coefficient (Wildman–Crippen LogP) is 6.91. The lowest BCUT2D eigenvalue weighted by Gasteiger charge is -2.19. The van der Waals surface area contributed by atoms with Gasteiger partial charge in [0.25, 0.3) is 0 Å². The van der Waals surface area contributed by atoms with Gasteiger partial charge in [-0.2, -0.15) is 0 Å². The minimum Gasteiger partial charge on any atom is -0.314 e. The van der Waals surface area contributed by atoms with Crippen LogP contribution in [-0.2, 0) is 4.57 Å². The summed E-state index contributed by atoms with van der Waals surface area (Å²) < 4.78 is 14.0. The lowest BCUT2D eigenvalue weighted by molar-refractivity contribution is 0.585. The topological polar surface area (TPSA) is 17.1 Å². The van der Waals surface area contributed by atoms with E-state index in [2.05, 4.69) is 43.3 Å². The number of benzene rings is 3. The SMILES string of the molecule is C/C(=C\CCCP(=O)(c1ccccc1)c1ccccc1)CCSc1ccccc1. The first-order valence-corrected chi connectivity index (χ1v) is 13.1. The highest BCUT2D eigenvalue weighted by Gasteiger charge is 2.26. The van der Waals surface area contributed by atoms with Crippen molar-refractivity contribution in [3.63, 3.8) is 0 Å². The lowest BCUT2D eigenvalue weighted by atomic mass is 10.2. The van der Waals surface area contributed by atoms with Gasteiger partial charge in [0.15, 0.2) is 0 Å². The zero-order valence-corrected chi connectivity index (χ0v) is 18.7. The number of allylic oxidation sites excluding steroid dienone is 2. The molecule has 0 aliphatic carbocycles. The van der Waals surface area contributed by atoms with Crippen molar-refractivity contribution in [1.29, 1.82) is 0 Å². The van der Waals surface area contributed by atoms with Gasteiger partial charge in [0.1, 0.15) is 7.14 Å². The Bertz CT molecular complexity index is 893. The molecule has 1 nitrogen and oxygen atoms in total. The monoisotopic (exact) mass is 420 g/mol. The van der Waals surface area contributed by atoms with Gasteiger partial charge in [-0.3, -0.25) is 0 Å². The average Bonchev–Trinajstić information content (AvgIpc) is 2.78. The standard InChI is InChI=1S/C26H29OPS/c1-23(20-22-29-26-18-9-4-10-19-26)13-11-12-21-28(27,24-14-5-2-6-15-24)25-16-7-3-8-17-25/h2-10,13-19H,11-12,20-22H2,1H3/b23-13+. The van der Waals surface area contributed by atoms with Crippen molar-refractivity contribution in [2.75, 3.05) is 11.9 Å². The molecule has 29 heavy (non-hydrogen) atoms. The maximum absolute atomic E-state index is 14.0. The van der Waals surface area contributed by atoms with Crippen LogP contribution in [0.1, 0.15) is 26.2 Å². The molecule has 0 aliphatic rings. The fraction of sp³-hybridized carbons (Fsp3) is 0.231. The second-order valence-corrected chi connectivity index (χ2v) is 11.4. The van der Waals surface area contributed by atoms with Gasteiger partial charge in [-0.25, -0.2) is 0 Å². The van der Waals surface area contributed by atoms with E-state index in [1.807, 2.05) is 72.4 Å². The molecule has 0 heterocycles. The van der Waals surface area contributed by atoms with Crippen molar-refractivity contribution in [2.45, 2.75) is 31.1 Å². The molecule has 3 heteroatoms. The van der Waals surface area contributed by atoms with E-state index < -0.39 is 7.14 Å². The number of hydrogen-bond acceptors (Lipinski definition) is 2. The largest absolute Gasteiger partial charge is 0.314 e. The van der Waals surface area contributed by atoms with Crippen LogP contribution < -0.4 is 10.6 Å². The van der Waals surface area contributed by atoms with Gasteiger partial charge in [-0.15, -0.1) is 11.8 Å². The molecule has 0 saturated heterocycles. The number of rotatable bonds is 10. The van der Waals surface area contributed by atoms with Gasteiger partial charge in [-0.05, 0) is 38.3 Å². The van der Waals surface area contributed by atoms with Crippen molar-refractivity contribution in [1.82, 2.24) is 0 Å². The summed E-state index contributed by atoms with van der Waals surface area (Å²) in [5.74, 6) is 1.10. The van der Waals surface area contributed by atoms with Crippen LogP contribution in [0.25, 0.3) is 0 Å². The van der Waals surface area contributed by atoms with Crippen LogP contribution >= 0.6 is 18.9 Å². The molecule has 3 aromatic carbocycles. The summed E-state index contributed by atoms with van der Waals surface area (Å²) in [5, 5.41) is 1.93. The predicted molar refractivity (Wildman–Crippen MR) is 129 cm³/mol. The summed E-state index contributed by atoms with van der Waals surface area (Å²) in [4.78, 5) is 1.33. The molecule has 0 N–H and O–H groups in total. The van der Waals surface area contributed by atoms with Crippen LogP contribution in [0.5, 0.6) is 0 Å². The van der Waals surface area contributed by atoms with Gasteiger partial charge in [0.2, 0.25) is 0 Å². The van der Waals surface area contributed by atoms with Crippen LogP contribution in [0.2, 0.25) is 0 Å². The molecule has 0 bridgehead atoms. The van der Waals surface area contributed by atoms with E-state index >= 15 is 0 Å². The van der Waals surface area contributed by atoms with Crippen molar-refractivity contribution in [2.24, 2.45) is 0 Å². The van der Waals surface area contributed by atoms with E-state index in [0.717, 1.165) is 35.6 Å². The summed E-state index contributed by atoms with van der Waals surface area (Å²) in [5.41, 5.74) is 1.42. The van der Waals surface area contributed by atoms with Crippen LogP contribution in [-0.4, -0.2) is 11.9 Å². The third-order valence-corrected chi connectivity index (χ3v) is 9.25. The molecular formula is C26H29OPS. The molecule has 0 atom stereocenters. The Kier molecular flexibility index (Phi) is 8.40. The third kappa shape index (κ3) is 6.49. The third-order valence-electron chi connectivity index (χ3n) is 5.02. The fourth-order valence-corrected chi connectivity index (χ4v) is 7.12. The summed E-state index contributed by atoms with van der Waals surface area (Å²) in [6, 6.07) is 30.5. The summed E-state index contributed by atoms with van der Waals surface area (Å²) in [6.45, 7) is 2.21. The van der Waals surface area contributed by atoms with E-state index in [-0.39, 0.29) is 0 Å². The average molecular weight is 421 g/mol. The molecule has 0 saturated carbocycles. The van der Waals surface area contributed by atoms with Crippen LogP contribution in [0, 0.1) is 0 Å². The Labute approximate surface area is 179 Å². The fourth-order valence-electron chi connectivity index (χ4n) is 3.36. The van der Waals surface area contributed by atoms with Gasteiger partial charge >= 0.3 is 0 Å². The first-order chi connectivity index (χ1) is 14.2. The highest BCUT2D eigenvalue weighted by atomic mass is 32.2. The molecule has 3 aromatic rings. The highest BCUT2D eigenvalue weighted by Crippen LogP contribution is 2.44. The maximum Gasteiger partial charge on any atom is 0.143 e. The van der Waals surface area contributed by atoms with Gasteiger partial charge in [0.05, 0.1) is 0 Å².